The van der Waals surface area contributed by atoms with Crippen LogP contribution in [-0.4, -0.2) is 32.2 Å². The highest BCUT2D eigenvalue weighted by atomic mass is 16.5. The van der Waals surface area contributed by atoms with Crippen LogP contribution in [0.5, 0.6) is 5.75 Å². The van der Waals surface area contributed by atoms with Crippen LogP contribution in [0.1, 0.15) is 34.5 Å². The van der Waals surface area contributed by atoms with E-state index in [1.807, 2.05) is 61.5 Å². The Morgan fingerprint density at radius 2 is 1.65 bits per heavy atom. The highest BCUT2D eigenvalue weighted by molar-refractivity contribution is 5.94. The Morgan fingerprint density at radius 3 is 2.32 bits per heavy atom. The third kappa shape index (κ3) is 5.64. The molecule has 0 aromatic heterocycles. The second-order valence-corrected chi connectivity index (χ2v) is 7.68. The van der Waals surface area contributed by atoms with E-state index in [4.69, 9.17) is 9.47 Å². The second kappa shape index (κ2) is 10.1. The summed E-state index contributed by atoms with van der Waals surface area (Å²) in [6.45, 7) is 5.84. The predicted molar refractivity (Wildman–Crippen MR) is 123 cm³/mol. The van der Waals surface area contributed by atoms with Gasteiger partial charge in [-0.1, -0.05) is 42.5 Å². The van der Waals surface area contributed by atoms with Gasteiger partial charge in [-0.05, 0) is 54.4 Å². The maximum Gasteiger partial charge on any atom is 0.251 e. The molecule has 4 rings (SSSR count). The SMILES string of the molecule is CC(NC(=O)c1ccc(COc2ccccc2)cc1)c1ccc(N2CCOCC2)cc1. The first-order valence-corrected chi connectivity index (χ1v) is 10.7. The van der Waals surface area contributed by atoms with E-state index in [-0.39, 0.29) is 11.9 Å². The molecule has 0 bridgehead atoms. The van der Waals surface area contributed by atoms with E-state index in [0.717, 1.165) is 43.2 Å². The fourth-order valence-electron chi connectivity index (χ4n) is 3.59. The molecule has 1 atom stereocenters. The van der Waals surface area contributed by atoms with Crippen molar-refractivity contribution in [3.05, 3.63) is 95.6 Å². The lowest BCUT2D eigenvalue weighted by Gasteiger charge is -2.29. The van der Waals surface area contributed by atoms with Crippen LogP contribution in [0.4, 0.5) is 5.69 Å². The van der Waals surface area contributed by atoms with Crippen LogP contribution >= 0.6 is 0 Å². The number of rotatable bonds is 7. The van der Waals surface area contributed by atoms with E-state index in [1.165, 1.54) is 5.69 Å². The zero-order chi connectivity index (χ0) is 21.5. The van der Waals surface area contributed by atoms with Crippen LogP contribution in [0.25, 0.3) is 0 Å². The summed E-state index contributed by atoms with van der Waals surface area (Å²) in [6, 6.07) is 25.6. The Morgan fingerprint density at radius 1 is 0.968 bits per heavy atom. The number of hydrogen-bond acceptors (Lipinski definition) is 4. The third-order valence-corrected chi connectivity index (χ3v) is 5.48. The van der Waals surface area contributed by atoms with Crippen molar-refractivity contribution in [2.45, 2.75) is 19.6 Å². The van der Waals surface area contributed by atoms with Gasteiger partial charge in [0.25, 0.3) is 5.91 Å². The number of amides is 1. The van der Waals surface area contributed by atoms with Gasteiger partial charge in [0.15, 0.2) is 0 Å². The molecular formula is C26H28N2O3. The van der Waals surface area contributed by atoms with Crippen LogP contribution in [-0.2, 0) is 11.3 Å². The maximum absolute atomic E-state index is 12.7. The molecule has 0 radical (unpaired) electrons. The average Bonchev–Trinajstić information content (AvgIpc) is 2.84. The van der Waals surface area contributed by atoms with Gasteiger partial charge in [-0.3, -0.25) is 4.79 Å². The quantitative estimate of drug-likeness (QED) is 0.612. The molecule has 3 aromatic carbocycles. The van der Waals surface area contributed by atoms with Crippen molar-refractivity contribution in [1.82, 2.24) is 5.32 Å². The van der Waals surface area contributed by atoms with E-state index < -0.39 is 0 Å². The van der Waals surface area contributed by atoms with Gasteiger partial charge in [-0.15, -0.1) is 0 Å². The van der Waals surface area contributed by atoms with Gasteiger partial charge in [0.2, 0.25) is 0 Å². The van der Waals surface area contributed by atoms with E-state index in [2.05, 4.69) is 34.5 Å². The van der Waals surface area contributed by atoms with Crippen LogP contribution in [0.3, 0.4) is 0 Å². The summed E-state index contributed by atoms with van der Waals surface area (Å²) in [6.07, 6.45) is 0. The lowest BCUT2D eigenvalue weighted by atomic mass is 10.1. The van der Waals surface area contributed by atoms with Crippen LogP contribution in [0.15, 0.2) is 78.9 Å². The first-order valence-electron chi connectivity index (χ1n) is 10.7. The molecule has 3 aromatic rings. The molecule has 1 fully saturated rings. The Bertz CT molecular complexity index is 966. The highest BCUT2D eigenvalue weighted by Crippen LogP contribution is 2.20. The largest absolute Gasteiger partial charge is 0.489 e. The molecule has 0 saturated carbocycles. The topological polar surface area (TPSA) is 50.8 Å². The third-order valence-electron chi connectivity index (χ3n) is 5.48. The zero-order valence-corrected chi connectivity index (χ0v) is 17.8. The normalized spacial score (nSPS) is 14.7. The van der Waals surface area contributed by atoms with Crippen molar-refractivity contribution in [2.24, 2.45) is 0 Å². The number of anilines is 1. The Balaban J connectivity index is 1.31. The number of benzene rings is 3. The van der Waals surface area contributed by atoms with Gasteiger partial charge in [-0.25, -0.2) is 0 Å². The van der Waals surface area contributed by atoms with Crippen molar-refractivity contribution in [3.8, 4) is 5.75 Å². The summed E-state index contributed by atoms with van der Waals surface area (Å²) in [5.74, 6) is 0.748. The van der Waals surface area contributed by atoms with Gasteiger partial charge in [-0.2, -0.15) is 0 Å². The number of para-hydroxylation sites is 1. The fraction of sp³-hybridized carbons (Fsp3) is 0.269. The lowest BCUT2D eigenvalue weighted by Crippen LogP contribution is -2.36. The minimum Gasteiger partial charge on any atom is -0.489 e. The Hall–Kier alpha value is -3.31. The molecule has 1 saturated heterocycles. The first-order chi connectivity index (χ1) is 15.2. The zero-order valence-electron chi connectivity index (χ0n) is 17.8. The summed E-state index contributed by atoms with van der Waals surface area (Å²) in [5, 5.41) is 3.08. The number of carbonyl (C=O) groups excluding carboxylic acids is 1. The lowest BCUT2D eigenvalue weighted by molar-refractivity contribution is 0.0940. The molecule has 1 heterocycles. The highest BCUT2D eigenvalue weighted by Gasteiger charge is 2.14. The molecule has 1 unspecified atom stereocenters. The smallest absolute Gasteiger partial charge is 0.251 e. The van der Waals surface area contributed by atoms with Crippen LogP contribution in [0, 0.1) is 0 Å². The van der Waals surface area contributed by atoms with Crippen molar-refractivity contribution < 1.29 is 14.3 Å². The second-order valence-electron chi connectivity index (χ2n) is 7.68. The number of morpholine rings is 1. The first kappa shape index (κ1) is 20.9. The summed E-state index contributed by atoms with van der Waals surface area (Å²) in [5.41, 5.74) is 3.93. The molecule has 0 spiro atoms. The number of nitrogens with one attached hydrogen (secondary N) is 1. The summed E-state index contributed by atoms with van der Waals surface area (Å²) >= 11 is 0. The Labute approximate surface area is 183 Å². The number of nitrogens with zero attached hydrogens (tertiary/aromatic N) is 1. The standard InChI is InChI=1S/C26H28N2O3/c1-20(22-11-13-24(14-12-22)28-15-17-30-18-16-28)27-26(29)23-9-7-21(8-10-23)19-31-25-5-3-2-4-6-25/h2-14,20H,15-19H2,1H3,(H,27,29). The van der Waals surface area contributed by atoms with Gasteiger partial charge in [0, 0.05) is 24.3 Å². The number of ether oxygens (including phenoxy) is 2. The molecule has 1 aliphatic heterocycles. The molecule has 1 N–H and O–H groups in total. The summed E-state index contributed by atoms with van der Waals surface area (Å²) in [7, 11) is 0. The van der Waals surface area contributed by atoms with Crippen molar-refractivity contribution in [1.29, 1.82) is 0 Å². The van der Waals surface area contributed by atoms with Crippen molar-refractivity contribution >= 4 is 11.6 Å². The molecule has 0 aliphatic carbocycles. The monoisotopic (exact) mass is 416 g/mol. The molecule has 31 heavy (non-hydrogen) atoms. The molecular weight excluding hydrogens is 388 g/mol. The molecule has 160 valence electrons. The van der Waals surface area contributed by atoms with Crippen molar-refractivity contribution in [3.63, 3.8) is 0 Å². The van der Waals surface area contributed by atoms with E-state index in [9.17, 15) is 4.79 Å². The van der Waals surface area contributed by atoms with Crippen LogP contribution < -0.4 is 15.0 Å². The predicted octanol–water partition coefficient (Wildman–Crippen LogP) is 4.59. The minimum absolute atomic E-state index is 0.0765. The molecule has 1 amide bonds. The molecule has 5 nitrogen and oxygen atoms in total. The fourth-order valence-corrected chi connectivity index (χ4v) is 3.59. The van der Waals surface area contributed by atoms with Gasteiger partial charge in [0.05, 0.1) is 19.3 Å². The Kier molecular flexibility index (Phi) is 6.85. The van der Waals surface area contributed by atoms with Crippen molar-refractivity contribution in [2.75, 3.05) is 31.2 Å². The number of hydrogen-bond donors (Lipinski definition) is 1. The summed E-state index contributed by atoms with van der Waals surface area (Å²) in [4.78, 5) is 15.0. The van der Waals surface area contributed by atoms with Gasteiger partial charge < -0.3 is 19.7 Å². The van der Waals surface area contributed by atoms with Crippen LogP contribution in [0.2, 0.25) is 0 Å². The average molecular weight is 417 g/mol. The van der Waals surface area contributed by atoms with Gasteiger partial charge >= 0.3 is 0 Å². The maximum atomic E-state index is 12.7. The minimum atomic E-state index is -0.0831. The molecule has 1 aliphatic rings. The van der Waals surface area contributed by atoms with E-state index in [0.29, 0.717) is 12.2 Å². The van der Waals surface area contributed by atoms with Gasteiger partial charge in [0.1, 0.15) is 12.4 Å². The molecule has 5 heteroatoms. The van der Waals surface area contributed by atoms with E-state index >= 15 is 0 Å². The number of carbonyl (C=O) groups is 1. The summed E-state index contributed by atoms with van der Waals surface area (Å²) < 4.78 is 11.2. The van der Waals surface area contributed by atoms with E-state index in [1.54, 1.807) is 0 Å².